The highest BCUT2D eigenvalue weighted by Gasteiger charge is 2.30. The van der Waals surface area contributed by atoms with E-state index >= 15 is 0 Å². The van der Waals surface area contributed by atoms with Crippen LogP contribution in [0.25, 0.3) is 0 Å². The van der Waals surface area contributed by atoms with Crippen LogP contribution in [0.2, 0.25) is 0 Å². The van der Waals surface area contributed by atoms with Crippen molar-refractivity contribution in [2.45, 2.75) is 25.7 Å². The highest BCUT2D eigenvalue weighted by Crippen LogP contribution is 2.24. The van der Waals surface area contributed by atoms with E-state index in [1.54, 1.807) is 24.4 Å². The number of benzene rings is 1. The second-order valence-corrected chi connectivity index (χ2v) is 6.60. The molecule has 130 valence electrons. The number of nitrogens with one attached hydrogen (secondary N) is 1. The Hall–Kier alpha value is -2.71. The molecule has 0 bridgehead atoms. The lowest BCUT2D eigenvalue weighted by Crippen LogP contribution is -2.43. The van der Waals surface area contributed by atoms with Gasteiger partial charge in [0.15, 0.2) is 0 Å². The van der Waals surface area contributed by atoms with Crippen LogP contribution < -0.4 is 5.32 Å². The van der Waals surface area contributed by atoms with Crippen LogP contribution in [0.1, 0.15) is 30.7 Å². The van der Waals surface area contributed by atoms with Gasteiger partial charge in [-0.05, 0) is 50.1 Å². The third-order valence-corrected chi connectivity index (χ3v) is 4.31. The molecule has 2 aromatic rings. The molecular weight excluding hydrogens is 314 g/mol. The zero-order valence-corrected chi connectivity index (χ0v) is 14.6. The maximum Gasteiger partial charge on any atom is 0.230 e. The average molecular weight is 337 g/mol. The fourth-order valence-electron chi connectivity index (χ4n) is 2.58. The minimum Gasteiger partial charge on any atom is -0.396 e. The number of pyridine rings is 1. The predicted octanol–water partition coefficient (Wildman–Crippen LogP) is 2.20. The van der Waals surface area contributed by atoms with Crippen LogP contribution >= 0.6 is 0 Å². The molecule has 0 aliphatic heterocycles. The molecule has 5 heteroatoms. The van der Waals surface area contributed by atoms with Gasteiger partial charge in [-0.3, -0.25) is 9.78 Å². The highest BCUT2D eigenvalue weighted by atomic mass is 16.3. The summed E-state index contributed by atoms with van der Waals surface area (Å²) in [4.78, 5) is 16.9. The van der Waals surface area contributed by atoms with Gasteiger partial charge < -0.3 is 10.4 Å². The number of amides is 1. The van der Waals surface area contributed by atoms with Gasteiger partial charge in [-0.25, -0.2) is 0 Å². The lowest BCUT2D eigenvalue weighted by molar-refractivity contribution is -0.125. The molecular formula is C20H23N3O2. The topological polar surface area (TPSA) is 86.0 Å². The summed E-state index contributed by atoms with van der Waals surface area (Å²) in [7, 11) is 0. The second kappa shape index (κ2) is 8.41. The van der Waals surface area contributed by atoms with Crippen molar-refractivity contribution < 1.29 is 9.90 Å². The third-order valence-electron chi connectivity index (χ3n) is 4.31. The first-order chi connectivity index (χ1) is 12.0. The number of nitriles is 1. The summed E-state index contributed by atoms with van der Waals surface area (Å²) in [5.41, 5.74) is 1.44. The molecule has 1 heterocycles. The number of carbonyl (C=O) groups is 1. The van der Waals surface area contributed by atoms with Crippen molar-refractivity contribution in [3.63, 3.8) is 0 Å². The van der Waals surface area contributed by atoms with E-state index in [9.17, 15) is 9.90 Å². The number of rotatable bonds is 7. The molecule has 0 saturated carbocycles. The van der Waals surface area contributed by atoms with Gasteiger partial charge in [-0.2, -0.15) is 5.26 Å². The quantitative estimate of drug-likeness (QED) is 0.811. The maximum atomic E-state index is 12.6. The van der Waals surface area contributed by atoms with Crippen LogP contribution in [-0.2, 0) is 16.6 Å². The van der Waals surface area contributed by atoms with E-state index in [1.165, 1.54) is 0 Å². The third kappa shape index (κ3) is 4.88. The Morgan fingerprint density at radius 2 is 2.12 bits per heavy atom. The van der Waals surface area contributed by atoms with Crippen molar-refractivity contribution >= 4 is 5.91 Å². The molecule has 25 heavy (non-hydrogen) atoms. The van der Waals surface area contributed by atoms with Gasteiger partial charge in [0.1, 0.15) is 0 Å². The van der Waals surface area contributed by atoms with E-state index in [1.807, 2.05) is 38.1 Å². The first-order valence-electron chi connectivity index (χ1n) is 8.27. The Morgan fingerprint density at radius 1 is 1.32 bits per heavy atom. The van der Waals surface area contributed by atoms with E-state index in [-0.39, 0.29) is 18.4 Å². The van der Waals surface area contributed by atoms with E-state index in [2.05, 4.69) is 16.4 Å². The van der Waals surface area contributed by atoms with Crippen LogP contribution in [0.15, 0.2) is 48.7 Å². The minimum absolute atomic E-state index is 0.0266. The van der Waals surface area contributed by atoms with Crippen LogP contribution in [0, 0.1) is 17.2 Å². The first-order valence-corrected chi connectivity index (χ1v) is 8.27. The minimum atomic E-state index is -0.766. The normalized spacial score (nSPS) is 12.2. The zero-order valence-electron chi connectivity index (χ0n) is 14.6. The smallest absolute Gasteiger partial charge is 0.230 e. The van der Waals surface area contributed by atoms with Gasteiger partial charge in [0.05, 0.1) is 17.0 Å². The number of aliphatic hydroxyl groups is 1. The van der Waals surface area contributed by atoms with Gasteiger partial charge in [0.2, 0.25) is 5.91 Å². The largest absolute Gasteiger partial charge is 0.396 e. The fraction of sp³-hybridized carbons (Fsp3) is 0.350. The van der Waals surface area contributed by atoms with E-state index in [0.717, 1.165) is 11.3 Å². The summed E-state index contributed by atoms with van der Waals surface area (Å²) < 4.78 is 0. The van der Waals surface area contributed by atoms with Crippen molar-refractivity contribution in [1.29, 1.82) is 5.26 Å². The summed E-state index contributed by atoms with van der Waals surface area (Å²) >= 11 is 0. The Balaban J connectivity index is 2.00. The molecule has 5 nitrogen and oxygen atoms in total. The summed E-state index contributed by atoms with van der Waals surface area (Å²) in [5, 5.41) is 21.5. The molecule has 0 radical (unpaired) electrons. The molecule has 1 amide bonds. The number of aromatic nitrogens is 1. The van der Waals surface area contributed by atoms with Gasteiger partial charge in [-0.1, -0.05) is 18.2 Å². The molecule has 0 aliphatic carbocycles. The van der Waals surface area contributed by atoms with Gasteiger partial charge >= 0.3 is 0 Å². The van der Waals surface area contributed by atoms with Gasteiger partial charge in [0, 0.05) is 31.0 Å². The standard InChI is InChI=1S/C20H23N3O2/c1-20(2,17-7-5-6-15(10-17)12-21)19(25)23-13-16(14-24)11-18-8-3-4-9-22-18/h3-10,16,24H,11,13-14H2,1-2H3,(H,23,25). The zero-order chi connectivity index (χ0) is 18.3. The molecule has 0 spiro atoms. The molecule has 0 aliphatic rings. The van der Waals surface area contributed by atoms with E-state index < -0.39 is 5.41 Å². The van der Waals surface area contributed by atoms with Crippen LogP contribution in [0.4, 0.5) is 0 Å². The summed E-state index contributed by atoms with van der Waals surface area (Å²) in [6.45, 7) is 3.99. The van der Waals surface area contributed by atoms with Crippen LogP contribution in [0.5, 0.6) is 0 Å². The van der Waals surface area contributed by atoms with Crippen LogP contribution in [-0.4, -0.2) is 29.1 Å². The predicted molar refractivity (Wildman–Crippen MR) is 95.7 cm³/mol. The number of carbonyl (C=O) groups excluding carboxylic acids is 1. The second-order valence-electron chi connectivity index (χ2n) is 6.60. The Bertz CT molecular complexity index is 751. The molecule has 1 unspecified atom stereocenters. The summed E-state index contributed by atoms with van der Waals surface area (Å²) in [6, 6.07) is 14.8. The van der Waals surface area contributed by atoms with Crippen molar-refractivity contribution in [3.05, 3.63) is 65.5 Å². The highest BCUT2D eigenvalue weighted by molar-refractivity contribution is 5.87. The Kier molecular flexibility index (Phi) is 6.26. The fourth-order valence-corrected chi connectivity index (χ4v) is 2.58. The number of hydrogen-bond donors (Lipinski definition) is 2. The molecule has 0 saturated heterocycles. The number of nitrogens with zero attached hydrogens (tertiary/aromatic N) is 2. The average Bonchev–Trinajstić information content (AvgIpc) is 2.65. The lowest BCUT2D eigenvalue weighted by Gasteiger charge is -2.25. The molecule has 2 N–H and O–H groups in total. The van der Waals surface area contributed by atoms with Crippen molar-refractivity contribution in [3.8, 4) is 6.07 Å². The monoisotopic (exact) mass is 337 g/mol. The molecule has 1 aromatic heterocycles. The van der Waals surface area contributed by atoms with Crippen molar-refractivity contribution in [1.82, 2.24) is 10.3 Å². The van der Waals surface area contributed by atoms with Crippen molar-refractivity contribution in [2.75, 3.05) is 13.2 Å². The van der Waals surface area contributed by atoms with Gasteiger partial charge in [0.25, 0.3) is 0 Å². The van der Waals surface area contributed by atoms with Crippen molar-refractivity contribution in [2.24, 2.45) is 5.92 Å². The molecule has 2 rings (SSSR count). The van der Waals surface area contributed by atoms with Gasteiger partial charge in [-0.15, -0.1) is 0 Å². The molecule has 1 aromatic carbocycles. The molecule has 1 atom stereocenters. The first kappa shape index (κ1) is 18.6. The van der Waals surface area contributed by atoms with Crippen LogP contribution in [0.3, 0.4) is 0 Å². The lowest BCUT2D eigenvalue weighted by atomic mass is 9.83. The van der Waals surface area contributed by atoms with E-state index in [0.29, 0.717) is 18.5 Å². The Morgan fingerprint density at radius 3 is 2.76 bits per heavy atom. The van der Waals surface area contributed by atoms with E-state index in [4.69, 9.17) is 5.26 Å². The summed E-state index contributed by atoms with van der Waals surface area (Å²) in [5.74, 6) is -0.234. The number of aliphatic hydroxyl groups excluding tert-OH is 1. The SMILES string of the molecule is CC(C)(C(=O)NCC(CO)Cc1ccccn1)c1cccc(C#N)c1. The maximum absolute atomic E-state index is 12.6. The summed E-state index contributed by atoms with van der Waals surface area (Å²) in [6.07, 6.45) is 2.32. The number of hydrogen-bond acceptors (Lipinski definition) is 4. The Labute approximate surface area is 148 Å². The molecule has 0 fully saturated rings.